The van der Waals surface area contributed by atoms with Gasteiger partial charge in [0.2, 0.25) is 0 Å². The maximum atomic E-state index is 12.1. The highest BCUT2D eigenvalue weighted by atomic mass is 35.5. The van der Waals surface area contributed by atoms with Crippen LogP contribution in [0.3, 0.4) is 0 Å². The average Bonchev–Trinajstić information content (AvgIpc) is 1.82. The normalized spacial score (nSPS) is 24.2. The maximum Gasteiger partial charge on any atom is 0.412 e. The van der Waals surface area contributed by atoms with E-state index < -0.39 is 12.2 Å². The Bertz CT molecular complexity index is 244. The second-order valence-corrected chi connectivity index (χ2v) is 2.73. The molecule has 1 atom stereocenters. The third-order valence-electron chi connectivity index (χ3n) is 1.31. The summed E-state index contributed by atoms with van der Waals surface area (Å²) >= 11 is 5.31. The highest BCUT2D eigenvalue weighted by molar-refractivity contribution is 6.64. The number of hydrogen-bond acceptors (Lipinski definition) is 2. The zero-order valence-electron chi connectivity index (χ0n) is 6.11. The second-order valence-electron chi connectivity index (χ2n) is 2.37. The first-order chi connectivity index (χ1) is 5.39. The Morgan fingerprint density at radius 1 is 1.58 bits per heavy atom. The number of alkyl halides is 3. The summed E-state index contributed by atoms with van der Waals surface area (Å²) in [5.74, 6) is 0. The van der Waals surface area contributed by atoms with Gasteiger partial charge in [0.05, 0.1) is 0 Å². The minimum atomic E-state index is -4.32. The van der Waals surface area contributed by atoms with Crippen LogP contribution in [0.4, 0.5) is 13.2 Å². The van der Waals surface area contributed by atoms with Gasteiger partial charge in [-0.05, 0) is 24.6 Å². The second kappa shape index (κ2) is 2.97. The van der Waals surface area contributed by atoms with Crippen LogP contribution in [0.5, 0.6) is 0 Å². The zero-order valence-corrected chi connectivity index (χ0v) is 6.87. The lowest BCUT2D eigenvalue weighted by atomic mass is 10.2. The highest BCUT2D eigenvalue weighted by Gasteiger charge is 2.39. The van der Waals surface area contributed by atoms with E-state index in [9.17, 15) is 13.2 Å². The van der Waals surface area contributed by atoms with Crippen molar-refractivity contribution in [1.82, 2.24) is 5.32 Å². The Labute approximate surface area is 72.1 Å². The topological polar surface area (TPSA) is 24.4 Å². The van der Waals surface area contributed by atoms with E-state index >= 15 is 0 Å². The van der Waals surface area contributed by atoms with Crippen molar-refractivity contribution in [3.05, 3.63) is 11.8 Å². The van der Waals surface area contributed by atoms with E-state index in [1.165, 1.54) is 6.92 Å². The Balaban J connectivity index is 2.81. The Morgan fingerprint density at radius 3 is 2.58 bits per heavy atom. The predicted molar refractivity (Wildman–Crippen MR) is 40.0 cm³/mol. The number of hydrogen-bond donors (Lipinski definition) is 1. The monoisotopic (exact) mass is 198 g/mol. The first-order valence-electron chi connectivity index (χ1n) is 3.15. The molecular weight excluding hydrogens is 193 g/mol. The van der Waals surface area contributed by atoms with Gasteiger partial charge in [0.15, 0.2) is 5.29 Å². The molecule has 0 amide bonds. The molecule has 1 N–H and O–H groups in total. The van der Waals surface area contributed by atoms with E-state index in [0.717, 1.165) is 6.08 Å². The molecule has 0 fully saturated rings. The quantitative estimate of drug-likeness (QED) is 0.592. The summed E-state index contributed by atoms with van der Waals surface area (Å²) in [7, 11) is 0. The van der Waals surface area contributed by atoms with Crippen LogP contribution in [0.25, 0.3) is 0 Å². The molecule has 1 rings (SSSR count). The molecule has 0 aromatic rings. The van der Waals surface area contributed by atoms with E-state index in [4.69, 9.17) is 11.6 Å². The summed E-state index contributed by atoms with van der Waals surface area (Å²) in [6, 6.07) is -1.72. The van der Waals surface area contributed by atoms with E-state index in [1.54, 1.807) is 0 Å². The van der Waals surface area contributed by atoms with Gasteiger partial charge in [0, 0.05) is 5.70 Å². The molecular formula is C6H6ClF3N2. The summed E-state index contributed by atoms with van der Waals surface area (Å²) < 4.78 is 36.2. The minimum Gasteiger partial charge on any atom is -0.346 e. The molecule has 0 bridgehead atoms. The lowest BCUT2D eigenvalue weighted by Crippen LogP contribution is -2.44. The lowest BCUT2D eigenvalue weighted by molar-refractivity contribution is -0.141. The van der Waals surface area contributed by atoms with Gasteiger partial charge < -0.3 is 5.32 Å². The van der Waals surface area contributed by atoms with E-state index in [0.29, 0.717) is 0 Å². The van der Waals surface area contributed by atoms with Crippen LogP contribution < -0.4 is 5.32 Å². The summed E-state index contributed by atoms with van der Waals surface area (Å²) in [5.41, 5.74) is 0.265. The summed E-state index contributed by atoms with van der Waals surface area (Å²) in [4.78, 5) is 3.58. The van der Waals surface area contributed by atoms with Gasteiger partial charge in [-0.25, -0.2) is 4.99 Å². The summed E-state index contributed by atoms with van der Waals surface area (Å²) in [6.07, 6.45) is -3.34. The SMILES string of the molecule is CC1=CC(C(F)(F)F)NC(Cl)=N1. The first-order valence-corrected chi connectivity index (χ1v) is 3.53. The predicted octanol–water partition coefficient (Wildman–Crippen LogP) is 2.02. The number of aliphatic imine (C=N–C) groups is 1. The fraction of sp³-hybridized carbons (Fsp3) is 0.500. The zero-order chi connectivity index (χ0) is 9.35. The van der Waals surface area contributed by atoms with Gasteiger partial charge >= 0.3 is 6.18 Å². The van der Waals surface area contributed by atoms with Crippen molar-refractivity contribution < 1.29 is 13.2 Å². The summed E-state index contributed by atoms with van der Waals surface area (Å²) in [6.45, 7) is 1.46. The van der Waals surface area contributed by atoms with Crippen LogP contribution in [-0.4, -0.2) is 17.5 Å². The fourth-order valence-corrected chi connectivity index (χ4v) is 1.06. The molecule has 0 radical (unpaired) electrons. The standard InChI is InChI=1S/C6H6ClF3N2/c1-3-2-4(6(8,9)10)12-5(7)11-3/h2,4H,1H3,(H,11,12). The van der Waals surface area contributed by atoms with Crippen molar-refractivity contribution >= 4 is 16.9 Å². The molecule has 12 heavy (non-hydrogen) atoms. The molecule has 6 heteroatoms. The number of allylic oxidation sites excluding steroid dienone is 1. The Kier molecular flexibility index (Phi) is 2.32. The molecule has 1 aliphatic rings. The molecule has 0 aliphatic carbocycles. The van der Waals surface area contributed by atoms with Crippen molar-refractivity contribution in [2.45, 2.75) is 19.1 Å². The van der Waals surface area contributed by atoms with Crippen LogP contribution in [0.2, 0.25) is 0 Å². The van der Waals surface area contributed by atoms with Crippen molar-refractivity contribution in [2.24, 2.45) is 4.99 Å². The van der Waals surface area contributed by atoms with Crippen molar-refractivity contribution in [1.29, 1.82) is 0 Å². The van der Waals surface area contributed by atoms with Gasteiger partial charge in [0.1, 0.15) is 6.04 Å². The van der Waals surface area contributed by atoms with Crippen LogP contribution in [0, 0.1) is 0 Å². The number of nitrogens with zero attached hydrogens (tertiary/aromatic N) is 1. The average molecular weight is 199 g/mol. The van der Waals surface area contributed by atoms with Crippen molar-refractivity contribution in [3.63, 3.8) is 0 Å². The fourth-order valence-electron chi connectivity index (χ4n) is 0.812. The summed E-state index contributed by atoms with van der Waals surface area (Å²) in [5, 5.41) is 1.78. The molecule has 0 aromatic heterocycles. The Hall–Kier alpha value is -0.710. The molecule has 1 aliphatic heterocycles. The molecule has 1 heterocycles. The van der Waals surface area contributed by atoms with E-state index in [1.807, 2.05) is 5.32 Å². The molecule has 0 aromatic carbocycles. The molecule has 0 saturated carbocycles. The third kappa shape index (κ3) is 2.14. The van der Waals surface area contributed by atoms with Gasteiger partial charge in [-0.2, -0.15) is 13.2 Å². The first kappa shape index (κ1) is 9.38. The van der Waals surface area contributed by atoms with Crippen molar-refractivity contribution in [3.8, 4) is 0 Å². The van der Waals surface area contributed by atoms with Crippen LogP contribution in [-0.2, 0) is 0 Å². The van der Waals surface area contributed by atoms with E-state index in [2.05, 4.69) is 4.99 Å². The molecule has 0 spiro atoms. The number of halogens is 4. The van der Waals surface area contributed by atoms with Gasteiger partial charge in [-0.1, -0.05) is 0 Å². The van der Waals surface area contributed by atoms with Gasteiger partial charge in [-0.15, -0.1) is 0 Å². The number of rotatable bonds is 0. The molecule has 68 valence electrons. The largest absolute Gasteiger partial charge is 0.412 e. The van der Waals surface area contributed by atoms with Crippen molar-refractivity contribution in [2.75, 3.05) is 0 Å². The third-order valence-corrected chi connectivity index (χ3v) is 1.50. The Morgan fingerprint density at radius 2 is 2.17 bits per heavy atom. The number of amidine groups is 1. The maximum absolute atomic E-state index is 12.1. The highest BCUT2D eigenvalue weighted by Crippen LogP contribution is 2.24. The van der Waals surface area contributed by atoms with Gasteiger partial charge in [-0.3, -0.25) is 0 Å². The smallest absolute Gasteiger partial charge is 0.346 e. The van der Waals surface area contributed by atoms with Crippen LogP contribution >= 0.6 is 11.6 Å². The molecule has 1 unspecified atom stereocenters. The van der Waals surface area contributed by atoms with Gasteiger partial charge in [0.25, 0.3) is 0 Å². The molecule has 2 nitrogen and oxygen atoms in total. The number of nitrogens with one attached hydrogen (secondary N) is 1. The van der Waals surface area contributed by atoms with Crippen LogP contribution in [0.15, 0.2) is 16.8 Å². The van der Waals surface area contributed by atoms with Crippen LogP contribution in [0.1, 0.15) is 6.92 Å². The van der Waals surface area contributed by atoms with E-state index in [-0.39, 0.29) is 11.0 Å². The molecule has 0 saturated heterocycles. The minimum absolute atomic E-state index is 0.225. The lowest BCUT2D eigenvalue weighted by Gasteiger charge is -2.21.